The first kappa shape index (κ1) is 11.5. The maximum absolute atomic E-state index is 11.4. The van der Waals surface area contributed by atoms with E-state index in [0.29, 0.717) is 24.8 Å². The Balaban J connectivity index is 2.27. The number of hydrogen-bond donors (Lipinski definition) is 2. The van der Waals surface area contributed by atoms with Gasteiger partial charge in [0.05, 0.1) is 0 Å². The Morgan fingerprint density at radius 1 is 1.43 bits per heavy atom. The number of aliphatic hydroxyl groups excluding tert-OH is 1. The van der Waals surface area contributed by atoms with Gasteiger partial charge in [-0.1, -0.05) is 13.8 Å². The summed E-state index contributed by atoms with van der Waals surface area (Å²) in [5, 5.41) is 11.6. The molecule has 3 unspecified atom stereocenters. The van der Waals surface area contributed by atoms with E-state index in [4.69, 9.17) is 5.11 Å². The molecule has 1 saturated carbocycles. The molecule has 3 nitrogen and oxygen atoms in total. The molecule has 0 aromatic rings. The Labute approximate surface area is 85.9 Å². The van der Waals surface area contributed by atoms with Gasteiger partial charge < -0.3 is 10.4 Å². The number of carbonyl (C=O) groups is 1. The van der Waals surface area contributed by atoms with E-state index in [1.54, 1.807) is 0 Å². The lowest BCUT2D eigenvalue weighted by atomic mass is 9.98. The van der Waals surface area contributed by atoms with Gasteiger partial charge in [-0.25, -0.2) is 0 Å². The zero-order chi connectivity index (χ0) is 10.6. The zero-order valence-corrected chi connectivity index (χ0v) is 9.12. The summed E-state index contributed by atoms with van der Waals surface area (Å²) in [7, 11) is 0. The summed E-state index contributed by atoms with van der Waals surface area (Å²) in [6.07, 6.45) is 3.34. The normalized spacial score (nSPS) is 31.8. The minimum absolute atomic E-state index is 0.0880. The third kappa shape index (κ3) is 2.98. The van der Waals surface area contributed by atoms with Crippen LogP contribution in [0.3, 0.4) is 0 Å². The van der Waals surface area contributed by atoms with Gasteiger partial charge in [-0.05, 0) is 31.1 Å². The van der Waals surface area contributed by atoms with Crippen molar-refractivity contribution in [2.45, 2.75) is 45.6 Å². The van der Waals surface area contributed by atoms with Crippen LogP contribution in [-0.2, 0) is 4.79 Å². The molecule has 0 bridgehead atoms. The highest BCUT2D eigenvalue weighted by Gasteiger charge is 2.30. The number of rotatable bonds is 4. The Bertz CT molecular complexity index is 194. The van der Waals surface area contributed by atoms with Crippen molar-refractivity contribution in [2.75, 3.05) is 6.61 Å². The zero-order valence-electron chi connectivity index (χ0n) is 9.12. The van der Waals surface area contributed by atoms with Gasteiger partial charge in [0.2, 0.25) is 5.91 Å². The van der Waals surface area contributed by atoms with Crippen molar-refractivity contribution in [3.05, 3.63) is 0 Å². The first-order valence-corrected chi connectivity index (χ1v) is 5.55. The van der Waals surface area contributed by atoms with Crippen molar-refractivity contribution < 1.29 is 9.90 Å². The summed E-state index contributed by atoms with van der Waals surface area (Å²) in [6.45, 7) is 4.54. The van der Waals surface area contributed by atoms with Crippen molar-refractivity contribution >= 4 is 5.91 Å². The fourth-order valence-electron chi connectivity index (χ4n) is 2.09. The minimum atomic E-state index is 0.0880. The summed E-state index contributed by atoms with van der Waals surface area (Å²) >= 11 is 0. The van der Waals surface area contributed by atoms with Crippen molar-refractivity contribution in [1.29, 1.82) is 0 Å². The van der Waals surface area contributed by atoms with E-state index in [0.717, 1.165) is 12.3 Å². The summed E-state index contributed by atoms with van der Waals surface area (Å²) in [5.41, 5.74) is 0. The molecular formula is C11H21NO2. The first-order valence-electron chi connectivity index (χ1n) is 5.55. The van der Waals surface area contributed by atoms with Gasteiger partial charge in [-0.3, -0.25) is 4.79 Å². The van der Waals surface area contributed by atoms with Crippen LogP contribution in [0.15, 0.2) is 0 Å². The SMILES string of the molecule is CC1CCC(NC(=O)CCCO)C1C. The van der Waals surface area contributed by atoms with Crippen molar-refractivity contribution in [3.63, 3.8) is 0 Å². The van der Waals surface area contributed by atoms with E-state index in [9.17, 15) is 4.79 Å². The summed E-state index contributed by atoms with van der Waals surface area (Å²) < 4.78 is 0. The van der Waals surface area contributed by atoms with Gasteiger partial charge in [0.15, 0.2) is 0 Å². The molecule has 2 N–H and O–H groups in total. The third-order valence-corrected chi connectivity index (χ3v) is 3.37. The van der Waals surface area contributed by atoms with Crippen LogP contribution in [-0.4, -0.2) is 23.7 Å². The maximum atomic E-state index is 11.4. The molecule has 0 radical (unpaired) electrons. The van der Waals surface area contributed by atoms with Gasteiger partial charge in [0, 0.05) is 19.1 Å². The van der Waals surface area contributed by atoms with Crippen LogP contribution in [0.5, 0.6) is 0 Å². The Morgan fingerprint density at radius 2 is 2.14 bits per heavy atom. The highest BCUT2D eigenvalue weighted by Crippen LogP contribution is 2.30. The second-order valence-corrected chi connectivity index (χ2v) is 4.41. The molecule has 14 heavy (non-hydrogen) atoms. The fourth-order valence-corrected chi connectivity index (χ4v) is 2.09. The maximum Gasteiger partial charge on any atom is 0.220 e. The van der Waals surface area contributed by atoms with E-state index < -0.39 is 0 Å². The lowest BCUT2D eigenvalue weighted by molar-refractivity contribution is -0.122. The van der Waals surface area contributed by atoms with Crippen molar-refractivity contribution in [3.8, 4) is 0 Å². The van der Waals surface area contributed by atoms with E-state index in [-0.39, 0.29) is 12.5 Å². The van der Waals surface area contributed by atoms with Crippen LogP contribution in [0.1, 0.15) is 39.5 Å². The molecule has 3 heteroatoms. The molecule has 0 aromatic heterocycles. The Kier molecular flexibility index (Phi) is 4.39. The molecule has 3 atom stereocenters. The molecule has 0 heterocycles. The molecule has 1 fully saturated rings. The van der Waals surface area contributed by atoms with Crippen molar-refractivity contribution in [1.82, 2.24) is 5.32 Å². The van der Waals surface area contributed by atoms with Crippen LogP contribution in [0.25, 0.3) is 0 Å². The average molecular weight is 199 g/mol. The van der Waals surface area contributed by atoms with E-state index in [1.165, 1.54) is 6.42 Å². The summed E-state index contributed by atoms with van der Waals surface area (Å²) in [6, 6.07) is 0.358. The smallest absolute Gasteiger partial charge is 0.220 e. The highest BCUT2D eigenvalue weighted by molar-refractivity contribution is 5.76. The largest absolute Gasteiger partial charge is 0.396 e. The van der Waals surface area contributed by atoms with Gasteiger partial charge in [-0.15, -0.1) is 0 Å². The van der Waals surface area contributed by atoms with E-state index >= 15 is 0 Å². The van der Waals surface area contributed by atoms with Crippen LogP contribution < -0.4 is 5.32 Å². The molecule has 0 spiro atoms. The van der Waals surface area contributed by atoms with Crippen LogP contribution in [0.2, 0.25) is 0 Å². The van der Waals surface area contributed by atoms with E-state index in [1.807, 2.05) is 0 Å². The van der Waals surface area contributed by atoms with Crippen LogP contribution in [0.4, 0.5) is 0 Å². The predicted molar refractivity (Wildman–Crippen MR) is 55.8 cm³/mol. The monoisotopic (exact) mass is 199 g/mol. The molecule has 0 saturated heterocycles. The highest BCUT2D eigenvalue weighted by atomic mass is 16.3. The molecule has 0 aliphatic heterocycles. The Morgan fingerprint density at radius 3 is 2.64 bits per heavy atom. The Hall–Kier alpha value is -0.570. The second-order valence-electron chi connectivity index (χ2n) is 4.41. The van der Waals surface area contributed by atoms with Crippen molar-refractivity contribution in [2.24, 2.45) is 11.8 Å². The average Bonchev–Trinajstić information content (AvgIpc) is 2.46. The topological polar surface area (TPSA) is 49.3 Å². The number of amides is 1. The number of hydrogen-bond acceptors (Lipinski definition) is 2. The lowest BCUT2D eigenvalue weighted by Crippen LogP contribution is -2.37. The van der Waals surface area contributed by atoms with Crippen LogP contribution in [0, 0.1) is 11.8 Å². The quantitative estimate of drug-likeness (QED) is 0.717. The second kappa shape index (κ2) is 5.35. The summed E-state index contributed by atoms with van der Waals surface area (Å²) in [4.78, 5) is 11.4. The standard InChI is InChI=1S/C11H21NO2/c1-8-5-6-10(9(8)2)12-11(14)4-3-7-13/h8-10,13H,3-7H2,1-2H3,(H,12,14). The van der Waals surface area contributed by atoms with Gasteiger partial charge in [0.1, 0.15) is 0 Å². The molecular weight excluding hydrogens is 178 g/mol. The molecule has 1 aliphatic carbocycles. The van der Waals surface area contributed by atoms with Gasteiger partial charge in [-0.2, -0.15) is 0 Å². The van der Waals surface area contributed by atoms with Gasteiger partial charge >= 0.3 is 0 Å². The molecule has 1 aliphatic rings. The minimum Gasteiger partial charge on any atom is -0.396 e. The fraction of sp³-hybridized carbons (Fsp3) is 0.909. The van der Waals surface area contributed by atoms with Gasteiger partial charge in [0.25, 0.3) is 0 Å². The molecule has 1 rings (SSSR count). The summed E-state index contributed by atoms with van der Waals surface area (Å²) in [5.74, 6) is 1.40. The molecule has 1 amide bonds. The predicted octanol–water partition coefficient (Wildman–Crippen LogP) is 1.31. The lowest BCUT2D eigenvalue weighted by Gasteiger charge is -2.19. The molecule has 82 valence electrons. The van der Waals surface area contributed by atoms with Crippen LogP contribution >= 0.6 is 0 Å². The third-order valence-electron chi connectivity index (χ3n) is 3.37. The number of carbonyl (C=O) groups excluding carboxylic acids is 1. The molecule has 0 aromatic carbocycles. The first-order chi connectivity index (χ1) is 6.65. The van der Waals surface area contributed by atoms with E-state index in [2.05, 4.69) is 19.2 Å². The number of nitrogens with one attached hydrogen (secondary N) is 1. The number of aliphatic hydroxyl groups is 1.